The van der Waals surface area contributed by atoms with E-state index in [0.29, 0.717) is 12.8 Å². The van der Waals surface area contributed by atoms with Gasteiger partial charge in [-0.1, -0.05) is 235 Å². The molecule has 0 aliphatic rings. The van der Waals surface area contributed by atoms with E-state index in [1.165, 1.54) is 148 Å². The molecule has 0 aliphatic carbocycles. The van der Waals surface area contributed by atoms with Crippen molar-refractivity contribution in [2.24, 2.45) is 0 Å². The lowest BCUT2D eigenvalue weighted by Crippen LogP contribution is -2.28. The van der Waals surface area contributed by atoms with Gasteiger partial charge in [0.1, 0.15) is 6.61 Å². The molecule has 0 saturated heterocycles. The average molecular weight is 811 g/mol. The van der Waals surface area contributed by atoms with Gasteiger partial charge in [-0.2, -0.15) is 0 Å². The molecule has 0 aromatic heterocycles. The summed E-state index contributed by atoms with van der Waals surface area (Å²) < 4.78 is 10.6. The molecule has 5 nitrogen and oxygen atoms in total. The van der Waals surface area contributed by atoms with Crippen molar-refractivity contribution < 1.29 is 24.2 Å². The number of esters is 2. The van der Waals surface area contributed by atoms with E-state index in [4.69, 9.17) is 9.47 Å². The number of rotatable bonds is 45. The monoisotopic (exact) mass is 811 g/mol. The van der Waals surface area contributed by atoms with Gasteiger partial charge in [0.2, 0.25) is 0 Å². The third kappa shape index (κ3) is 46.3. The number of hydrogen-bond donors (Lipinski definition) is 1. The van der Waals surface area contributed by atoms with Crippen molar-refractivity contribution in [3.05, 3.63) is 60.8 Å². The summed E-state index contributed by atoms with van der Waals surface area (Å²) in [6.07, 6.45) is 64.8. The molecule has 0 radical (unpaired) electrons. The normalized spacial score (nSPS) is 12.7. The maximum absolute atomic E-state index is 12.2. The molecule has 0 bridgehead atoms. The number of carbonyl (C=O) groups excluding carboxylic acids is 2. The molecule has 0 aromatic rings. The van der Waals surface area contributed by atoms with Gasteiger partial charge in [0.05, 0.1) is 6.61 Å². The zero-order valence-corrected chi connectivity index (χ0v) is 38.3. The summed E-state index contributed by atoms with van der Waals surface area (Å²) in [4.78, 5) is 24.2. The van der Waals surface area contributed by atoms with Crippen LogP contribution >= 0.6 is 0 Å². The van der Waals surface area contributed by atoms with Crippen molar-refractivity contribution in [1.82, 2.24) is 0 Å². The summed E-state index contributed by atoms with van der Waals surface area (Å²) in [5.74, 6) is -0.585. The van der Waals surface area contributed by atoms with Crippen molar-refractivity contribution in [3.63, 3.8) is 0 Å². The molecule has 0 fully saturated rings. The second-order valence-electron chi connectivity index (χ2n) is 16.5. The minimum absolute atomic E-state index is 0.0623. The van der Waals surface area contributed by atoms with E-state index in [1.807, 2.05) is 0 Å². The second-order valence-corrected chi connectivity index (χ2v) is 16.5. The molecule has 336 valence electrons. The lowest BCUT2D eigenvalue weighted by molar-refractivity contribution is -0.161. The molecule has 0 spiro atoms. The summed E-state index contributed by atoms with van der Waals surface area (Å²) in [5, 5.41) is 9.56. The zero-order chi connectivity index (χ0) is 42.1. The Labute approximate surface area is 360 Å². The Morgan fingerprint density at radius 3 is 1.12 bits per heavy atom. The number of allylic oxidation sites excluding steroid dienone is 10. The highest BCUT2D eigenvalue weighted by atomic mass is 16.6. The van der Waals surface area contributed by atoms with E-state index < -0.39 is 6.10 Å². The smallest absolute Gasteiger partial charge is 0.306 e. The van der Waals surface area contributed by atoms with Gasteiger partial charge in [0.15, 0.2) is 6.10 Å². The zero-order valence-electron chi connectivity index (χ0n) is 38.3. The first kappa shape index (κ1) is 55.6. The number of unbranched alkanes of at least 4 members (excludes halogenated alkanes) is 27. The molecule has 0 saturated carbocycles. The molecule has 0 aliphatic heterocycles. The second kappa shape index (κ2) is 49.0. The Morgan fingerprint density at radius 1 is 0.414 bits per heavy atom. The van der Waals surface area contributed by atoms with Gasteiger partial charge < -0.3 is 14.6 Å². The predicted octanol–water partition coefficient (Wildman–Crippen LogP) is 16.3. The number of ether oxygens (including phenoxy) is 2. The summed E-state index contributed by atoms with van der Waals surface area (Å²) in [7, 11) is 0. The van der Waals surface area contributed by atoms with Gasteiger partial charge in [0, 0.05) is 12.8 Å². The highest BCUT2D eigenvalue weighted by Crippen LogP contribution is 2.16. The van der Waals surface area contributed by atoms with E-state index in [2.05, 4.69) is 74.6 Å². The number of aliphatic hydroxyl groups is 1. The van der Waals surface area contributed by atoms with E-state index in [0.717, 1.165) is 70.6 Å². The molecule has 1 N–H and O–H groups in total. The Balaban J connectivity index is 3.41. The fourth-order valence-corrected chi connectivity index (χ4v) is 7.11. The highest BCUT2D eigenvalue weighted by Gasteiger charge is 2.16. The lowest BCUT2D eigenvalue weighted by atomic mass is 10.0. The molecule has 0 amide bonds. The molecule has 5 heteroatoms. The average Bonchev–Trinajstić information content (AvgIpc) is 3.23. The van der Waals surface area contributed by atoms with Gasteiger partial charge in [0.25, 0.3) is 0 Å². The predicted molar refractivity (Wildman–Crippen MR) is 251 cm³/mol. The number of carbonyl (C=O) groups is 2. The summed E-state index contributed by atoms with van der Waals surface area (Å²) in [6, 6.07) is 0. The van der Waals surface area contributed by atoms with E-state index >= 15 is 0 Å². The standard InChI is InChI=1S/C53H94O5/c1-3-5-7-9-11-13-14-15-16-17-18-19-20-21-22-23-24-25-26-27-28-29-30-31-32-33-34-35-36-37-38-40-42-44-46-48-53(56)58-51(49-54)50-57-52(55)47-45-43-41-39-12-10-8-6-4-2/h5,7,11,13,15-16,18-19,21-22,51,54H,3-4,6,8-10,12,14,17,20,23-50H2,1-2H3/b7-5-,13-11-,16-15-,19-18-,22-21-. The van der Waals surface area contributed by atoms with Gasteiger partial charge >= 0.3 is 11.9 Å². The van der Waals surface area contributed by atoms with Crippen molar-refractivity contribution in [1.29, 1.82) is 0 Å². The van der Waals surface area contributed by atoms with E-state index in [9.17, 15) is 14.7 Å². The third-order valence-electron chi connectivity index (χ3n) is 10.8. The van der Waals surface area contributed by atoms with E-state index in [-0.39, 0.29) is 25.2 Å². The van der Waals surface area contributed by atoms with Crippen molar-refractivity contribution in [2.45, 2.75) is 251 Å². The number of hydrogen-bond acceptors (Lipinski definition) is 5. The Bertz CT molecular complexity index is 1010. The molecule has 1 atom stereocenters. The topological polar surface area (TPSA) is 72.8 Å². The fraction of sp³-hybridized carbons (Fsp3) is 0.774. The fourth-order valence-electron chi connectivity index (χ4n) is 7.11. The van der Waals surface area contributed by atoms with Crippen LogP contribution in [-0.4, -0.2) is 36.4 Å². The summed E-state index contributed by atoms with van der Waals surface area (Å²) >= 11 is 0. The maximum Gasteiger partial charge on any atom is 0.306 e. The van der Waals surface area contributed by atoms with Crippen LogP contribution in [0.5, 0.6) is 0 Å². The first-order valence-corrected chi connectivity index (χ1v) is 24.8. The van der Waals surface area contributed by atoms with Crippen LogP contribution < -0.4 is 0 Å². The van der Waals surface area contributed by atoms with E-state index in [1.54, 1.807) is 0 Å². The molecule has 0 rings (SSSR count). The first-order valence-electron chi connectivity index (χ1n) is 24.8. The molecular formula is C53H94O5. The maximum atomic E-state index is 12.2. The van der Waals surface area contributed by atoms with Crippen LogP contribution in [0, 0.1) is 0 Å². The molecular weight excluding hydrogens is 717 g/mol. The summed E-state index contributed by atoms with van der Waals surface area (Å²) in [6.45, 7) is 4.01. The van der Waals surface area contributed by atoms with Crippen LogP contribution in [0.4, 0.5) is 0 Å². The first-order chi connectivity index (χ1) is 28.6. The van der Waals surface area contributed by atoms with Gasteiger partial charge in [-0.05, 0) is 57.8 Å². The quantitative estimate of drug-likeness (QED) is 0.0377. The minimum atomic E-state index is -0.767. The van der Waals surface area contributed by atoms with Gasteiger partial charge in [-0.25, -0.2) is 0 Å². The van der Waals surface area contributed by atoms with Crippen LogP contribution in [0.1, 0.15) is 245 Å². The van der Waals surface area contributed by atoms with Crippen LogP contribution in [0.3, 0.4) is 0 Å². The van der Waals surface area contributed by atoms with Crippen LogP contribution in [0.25, 0.3) is 0 Å². The van der Waals surface area contributed by atoms with Gasteiger partial charge in [-0.3, -0.25) is 9.59 Å². The van der Waals surface area contributed by atoms with Crippen LogP contribution in [-0.2, 0) is 19.1 Å². The van der Waals surface area contributed by atoms with Crippen molar-refractivity contribution in [3.8, 4) is 0 Å². The lowest BCUT2D eigenvalue weighted by Gasteiger charge is -2.15. The number of aliphatic hydroxyl groups excluding tert-OH is 1. The Hall–Kier alpha value is -2.40. The Kier molecular flexibility index (Phi) is 46.9. The van der Waals surface area contributed by atoms with Crippen molar-refractivity contribution in [2.75, 3.05) is 13.2 Å². The Morgan fingerprint density at radius 2 is 0.741 bits per heavy atom. The minimum Gasteiger partial charge on any atom is -0.462 e. The molecule has 1 unspecified atom stereocenters. The van der Waals surface area contributed by atoms with Gasteiger partial charge in [-0.15, -0.1) is 0 Å². The van der Waals surface area contributed by atoms with Crippen LogP contribution in [0.15, 0.2) is 60.8 Å². The SMILES string of the molecule is CC/C=C\C/C=C\C/C=C\C/C=C\C/C=C\CCCCCCCCCCCCCCCCCCCCCC(=O)OC(CO)COC(=O)CCCCCCCCCCC. The third-order valence-corrected chi connectivity index (χ3v) is 10.8. The van der Waals surface area contributed by atoms with Crippen LogP contribution in [0.2, 0.25) is 0 Å². The molecule has 0 heterocycles. The van der Waals surface area contributed by atoms with Crippen molar-refractivity contribution >= 4 is 11.9 Å². The largest absolute Gasteiger partial charge is 0.462 e. The summed E-state index contributed by atoms with van der Waals surface area (Å²) in [5.41, 5.74) is 0. The highest BCUT2D eigenvalue weighted by molar-refractivity contribution is 5.70. The molecule has 0 aromatic carbocycles. The molecule has 58 heavy (non-hydrogen) atoms.